The van der Waals surface area contributed by atoms with Crippen molar-refractivity contribution in [1.29, 1.82) is 0 Å². The summed E-state index contributed by atoms with van der Waals surface area (Å²) in [5, 5.41) is 4.24. The van der Waals surface area contributed by atoms with Crippen molar-refractivity contribution < 1.29 is 18.3 Å². The number of Topliss-reactive ketones (excluding diaryl/α,β-unsaturated/α-hetero) is 1. The Balaban J connectivity index is 1.57. The van der Waals surface area contributed by atoms with Gasteiger partial charge in [0.25, 0.3) is 0 Å². The van der Waals surface area contributed by atoms with Crippen molar-refractivity contribution in [2.45, 2.75) is 38.5 Å². The third kappa shape index (κ3) is 4.23. The molecule has 0 atom stereocenters. The number of methoxy groups -OCH3 is 1. The summed E-state index contributed by atoms with van der Waals surface area (Å²) < 4.78 is 33.7. The minimum Gasteiger partial charge on any atom is -0.501 e. The van der Waals surface area contributed by atoms with Gasteiger partial charge in [0.1, 0.15) is 17.4 Å². The first-order valence-electron chi connectivity index (χ1n) is 8.95. The molecular formula is C20H23F2N3O2. The van der Waals surface area contributed by atoms with Crippen LogP contribution in [-0.4, -0.2) is 27.7 Å². The molecule has 0 aliphatic heterocycles. The fourth-order valence-electron chi connectivity index (χ4n) is 3.24. The predicted octanol–water partition coefficient (Wildman–Crippen LogP) is 3.98. The van der Waals surface area contributed by atoms with Crippen molar-refractivity contribution in [2.24, 2.45) is 12.5 Å². The van der Waals surface area contributed by atoms with E-state index >= 15 is 0 Å². The van der Waals surface area contributed by atoms with Gasteiger partial charge in [0, 0.05) is 37.8 Å². The molecule has 1 saturated carbocycles. The van der Waals surface area contributed by atoms with Gasteiger partial charge < -0.3 is 4.74 Å². The van der Waals surface area contributed by atoms with Gasteiger partial charge in [0.15, 0.2) is 11.6 Å². The van der Waals surface area contributed by atoms with Crippen molar-refractivity contribution in [2.75, 3.05) is 7.11 Å². The molecule has 27 heavy (non-hydrogen) atoms. The number of halogens is 2. The standard InChI is InChI=1S/C20H23F2N3O2/c1-13(27-3)20(10-11-20)9-8-15(26)5-7-18-23-19(25(2)24-18)16-6-4-14(21)12-17(16)22/h4,6,12H,1,5,7-11H2,2-3H3. The molecule has 1 aromatic heterocycles. The van der Waals surface area contributed by atoms with Gasteiger partial charge in [-0.15, -0.1) is 0 Å². The Morgan fingerprint density at radius 3 is 2.70 bits per heavy atom. The van der Waals surface area contributed by atoms with Crippen LogP contribution in [0.2, 0.25) is 0 Å². The third-order valence-corrected chi connectivity index (χ3v) is 5.18. The summed E-state index contributed by atoms with van der Waals surface area (Å²) in [5.41, 5.74) is 0.152. The summed E-state index contributed by atoms with van der Waals surface area (Å²) in [6.45, 7) is 3.92. The van der Waals surface area contributed by atoms with Crippen LogP contribution in [0.25, 0.3) is 11.4 Å². The molecule has 7 heteroatoms. The Morgan fingerprint density at radius 1 is 1.33 bits per heavy atom. The summed E-state index contributed by atoms with van der Waals surface area (Å²) in [4.78, 5) is 16.5. The first-order chi connectivity index (χ1) is 12.8. The SMILES string of the molecule is C=C(OC)C1(CCC(=O)CCc2nc(-c3ccc(F)cc3F)n(C)n2)CC1. The Morgan fingerprint density at radius 2 is 2.07 bits per heavy atom. The van der Waals surface area contributed by atoms with Gasteiger partial charge in [-0.2, -0.15) is 5.10 Å². The number of nitrogens with zero attached hydrogens (tertiary/aromatic N) is 3. The fraction of sp³-hybridized carbons (Fsp3) is 0.450. The summed E-state index contributed by atoms with van der Waals surface area (Å²) in [6.07, 6.45) is 3.95. The highest BCUT2D eigenvalue weighted by Crippen LogP contribution is 2.55. The summed E-state index contributed by atoms with van der Waals surface area (Å²) in [6, 6.07) is 3.33. The van der Waals surface area contributed by atoms with Crippen LogP contribution in [0.1, 0.15) is 37.9 Å². The first kappa shape index (κ1) is 19.2. The zero-order valence-electron chi connectivity index (χ0n) is 15.6. The molecule has 144 valence electrons. The molecule has 1 aliphatic rings. The molecule has 0 saturated heterocycles. The molecule has 0 amide bonds. The van der Waals surface area contributed by atoms with Gasteiger partial charge in [-0.05, 0) is 31.4 Å². The van der Waals surface area contributed by atoms with Gasteiger partial charge in [0.2, 0.25) is 0 Å². The zero-order valence-corrected chi connectivity index (χ0v) is 15.6. The molecule has 3 rings (SSSR count). The van der Waals surface area contributed by atoms with Crippen molar-refractivity contribution >= 4 is 5.78 Å². The highest BCUT2D eigenvalue weighted by atomic mass is 19.1. The monoisotopic (exact) mass is 375 g/mol. The lowest BCUT2D eigenvalue weighted by Gasteiger charge is -2.16. The molecule has 0 radical (unpaired) electrons. The van der Waals surface area contributed by atoms with E-state index in [9.17, 15) is 13.6 Å². The molecule has 1 fully saturated rings. The number of ketones is 1. The maximum Gasteiger partial charge on any atom is 0.161 e. The predicted molar refractivity (Wildman–Crippen MR) is 96.7 cm³/mol. The number of rotatable bonds is 9. The van der Waals surface area contributed by atoms with Crippen molar-refractivity contribution in [3.05, 3.63) is 48.0 Å². The number of benzene rings is 1. The number of carbonyl (C=O) groups is 1. The molecule has 0 spiro atoms. The van der Waals surface area contributed by atoms with Crippen LogP contribution in [0.15, 0.2) is 30.5 Å². The largest absolute Gasteiger partial charge is 0.501 e. The Hall–Kier alpha value is -2.57. The minimum absolute atomic E-state index is 0.0268. The van der Waals surface area contributed by atoms with E-state index in [0.29, 0.717) is 30.9 Å². The lowest BCUT2D eigenvalue weighted by atomic mass is 9.95. The summed E-state index contributed by atoms with van der Waals surface area (Å²) >= 11 is 0. The van der Waals surface area contributed by atoms with E-state index in [1.807, 2.05) is 0 Å². The fourth-order valence-corrected chi connectivity index (χ4v) is 3.24. The number of ether oxygens (including phenoxy) is 1. The van der Waals surface area contributed by atoms with E-state index in [1.165, 1.54) is 16.8 Å². The van der Waals surface area contributed by atoms with Crippen LogP contribution in [0.5, 0.6) is 0 Å². The van der Waals surface area contributed by atoms with E-state index in [4.69, 9.17) is 4.74 Å². The molecule has 1 aliphatic carbocycles. The number of hydrogen-bond donors (Lipinski definition) is 0. The van der Waals surface area contributed by atoms with Crippen LogP contribution in [0.3, 0.4) is 0 Å². The van der Waals surface area contributed by atoms with Crippen molar-refractivity contribution in [3.8, 4) is 11.4 Å². The number of aryl methyl sites for hydroxylation is 2. The summed E-state index contributed by atoms with van der Waals surface area (Å²) in [5.74, 6) is 0.324. The lowest BCUT2D eigenvalue weighted by molar-refractivity contribution is -0.119. The smallest absolute Gasteiger partial charge is 0.161 e. The van der Waals surface area contributed by atoms with Crippen molar-refractivity contribution in [3.63, 3.8) is 0 Å². The Labute approximate surface area is 157 Å². The van der Waals surface area contributed by atoms with E-state index in [-0.39, 0.29) is 16.8 Å². The average molecular weight is 375 g/mol. The number of hydrogen-bond acceptors (Lipinski definition) is 4. The Bertz CT molecular complexity index is 872. The quantitative estimate of drug-likeness (QED) is 0.622. The van der Waals surface area contributed by atoms with Crippen LogP contribution < -0.4 is 0 Å². The van der Waals surface area contributed by atoms with Crippen LogP contribution in [-0.2, 0) is 23.0 Å². The van der Waals surface area contributed by atoms with Gasteiger partial charge in [0.05, 0.1) is 18.4 Å². The summed E-state index contributed by atoms with van der Waals surface area (Å²) in [7, 11) is 3.25. The molecule has 0 bridgehead atoms. The van der Waals surface area contributed by atoms with Crippen molar-refractivity contribution in [1.82, 2.24) is 14.8 Å². The molecule has 0 N–H and O–H groups in total. The molecule has 0 unspecified atom stereocenters. The molecular weight excluding hydrogens is 352 g/mol. The second kappa shape index (κ2) is 7.58. The van der Waals surface area contributed by atoms with Gasteiger partial charge in [-0.1, -0.05) is 6.58 Å². The molecule has 1 heterocycles. The number of allylic oxidation sites excluding steroid dienone is 1. The number of aromatic nitrogens is 3. The second-order valence-corrected chi connectivity index (χ2v) is 7.05. The lowest BCUT2D eigenvalue weighted by Crippen LogP contribution is -2.10. The van der Waals surface area contributed by atoms with E-state index in [0.717, 1.165) is 31.1 Å². The third-order valence-electron chi connectivity index (χ3n) is 5.18. The highest BCUT2D eigenvalue weighted by Gasteiger charge is 2.46. The Kier molecular flexibility index (Phi) is 5.39. The van der Waals surface area contributed by atoms with E-state index in [2.05, 4.69) is 16.7 Å². The van der Waals surface area contributed by atoms with Gasteiger partial charge in [-0.3, -0.25) is 4.79 Å². The maximum atomic E-state index is 14.0. The zero-order chi connectivity index (χ0) is 19.6. The molecule has 1 aromatic carbocycles. The van der Waals surface area contributed by atoms with Gasteiger partial charge in [-0.25, -0.2) is 18.4 Å². The average Bonchev–Trinajstić information content (AvgIpc) is 3.35. The van der Waals surface area contributed by atoms with E-state index < -0.39 is 11.6 Å². The van der Waals surface area contributed by atoms with E-state index in [1.54, 1.807) is 14.2 Å². The molecule has 5 nitrogen and oxygen atoms in total. The topological polar surface area (TPSA) is 57.0 Å². The minimum atomic E-state index is -0.693. The number of carbonyl (C=O) groups excluding carboxylic acids is 1. The maximum absolute atomic E-state index is 14.0. The molecule has 2 aromatic rings. The van der Waals surface area contributed by atoms with Gasteiger partial charge >= 0.3 is 0 Å². The normalized spacial score (nSPS) is 14.8. The first-order valence-corrected chi connectivity index (χ1v) is 8.95. The van der Waals surface area contributed by atoms with Crippen LogP contribution >= 0.6 is 0 Å². The second-order valence-electron chi connectivity index (χ2n) is 7.05. The van der Waals surface area contributed by atoms with Crippen LogP contribution in [0.4, 0.5) is 8.78 Å². The van der Waals surface area contributed by atoms with Crippen LogP contribution in [0, 0.1) is 17.0 Å². The highest BCUT2D eigenvalue weighted by molar-refractivity contribution is 5.78.